The Balaban J connectivity index is 2.36. The summed E-state index contributed by atoms with van der Waals surface area (Å²) in [5.41, 5.74) is 2.18. The SMILES string of the molecule is CCNc1ccccc1S(=O)(=O)Nc1cccc(C)c1. The Bertz CT molecular complexity index is 697. The summed E-state index contributed by atoms with van der Waals surface area (Å²) < 4.78 is 27.5. The number of benzene rings is 2. The lowest BCUT2D eigenvalue weighted by atomic mass is 10.2. The van der Waals surface area contributed by atoms with Crippen LogP contribution >= 0.6 is 0 Å². The van der Waals surface area contributed by atoms with Crippen molar-refractivity contribution in [2.75, 3.05) is 16.6 Å². The van der Waals surface area contributed by atoms with Crippen molar-refractivity contribution in [2.45, 2.75) is 18.7 Å². The molecule has 0 atom stereocenters. The van der Waals surface area contributed by atoms with Crippen LogP contribution in [0.4, 0.5) is 11.4 Å². The minimum absolute atomic E-state index is 0.253. The molecule has 0 saturated carbocycles. The molecule has 4 nitrogen and oxygen atoms in total. The molecule has 0 heterocycles. The second-order valence-corrected chi connectivity index (χ2v) is 6.15. The summed E-state index contributed by atoms with van der Waals surface area (Å²) in [5.74, 6) is 0. The number of nitrogens with one attached hydrogen (secondary N) is 2. The van der Waals surface area contributed by atoms with Crippen molar-refractivity contribution in [3.05, 3.63) is 54.1 Å². The fourth-order valence-corrected chi connectivity index (χ4v) is 3.19. The number of para-hydroxylation sites is 1. The lowest BCUT2D eigenvalue weighted by Gasteiger charge is -2.13. The maximum Gasteiger partial charge on any atom is 0.263 e. The van der Waals surface area contributed by atoms with Crippen LogP contribution in [0.3, 0.4) is 0 Å². The van der Waals surface area contributed by atoms with Crippen LogP contribution in [0.1, 0.15) is 12.5 Å². The van der Waals surface area contributed by atoms with Gasteiger partial charge in [0.15, 0.2) is 0 Å². The molecule has 0 spiro atoms. The molecular formula is C15H18N2O2S. The molecule has 0 amide bonds. The first-order valence-corrected chi connectivity index (χ1v) is 7.93. The smallest absolute Gasteiger partial charge is 0.263 e. The number of hydrogen-bond donors (Lipinski definition) is 2. The third-order valence-electron chi connectivity index (χ3n) is 2.81. The quantitative estimate of drug-likeness (QED) is 0.889. The molecule has 2 rings (SSSR count). The molecule has 0 fully saturated rings. The summed E-state index contributed by atoms with van der Waals surface area (Å²) in [6.45, 7) is 4.51. The van der Waals surface area contributed by atoms with Crippen molar-refractivity contribution in [2.24, 2.45) is 0 Å². The third kappa shape index (κ3) is 3.30. The van der Waals surface area contributed by atoms with E-state index in [0.29, 0.717) is 17.9 Å². The van der Waals surface area contributed by atoms with Crippen LogP contribution in [0.25, 0.3) is 0 Å². The Morgan fingerprint density at radius 2 is 1.80 bits per heavy atom. The maximum absolute atomic E-state index is 12.5. The summed E-state index contributed by atoms with van der Waals surface area (Å²) in [6, 6.07) is 14.2. The molecule has 0 bridgehead atoms. The Hall–Kier alpha value is -2.01. The molecule has 0 aromatic heterocycles. The molecule has 2 N–H and O–H groups in total. The number of aryl methyl sites for hydroxylation is 1. The summed E-state index contributed by atoms with van der Waals surface area (Å²) in [4.78, 5) is 0.253. The van der Waals surface area contributed by atoms with Crippen molar-refractivity contribution in [3.63, 3.8) is 0 Å². The molecule has 0 aliphatic carbocycles. The molecule has 0 aliphatic heterocycles. The van der Waals surface area contributed by atoms with E-state index >= 15 is 0 Å². The fourth-order valence-electron chi connectivity index (χ4n) is 1.96. The summed E-state index contributed by atoms with van der Waals surface area (Å²) >= 11 is 0. The molecule has 20 heavy (non-hydrogen) atoms. The minimum Gasteiger partial charge on any atom is -0.384 e. The normalized spacial score (nSPS) is 11.1. The molecular weight excluding hydrogens is 272 g/mol. The third-order valence-corrected chi connectivity index (χ3v) is 4.25. The van der Waals surface area contributed by atoms with Crippen molar-refractivity contribution in [3.8, 4) is 0 Å². The molecule has 0 aliphatic rings. The number of anilines is 2. The largest absolute Gasteiger partial charge is 0.384 e. The zero-order chi connectivity index (χ0) is 14.6. The van der Waals surface area contributed by atoms with Gasteiger partial charge in [-0.1, -0.05) is 24.3 Å². The highest BCUT2D eigenvalue weighted by atomic mass is 32.2. The number of hydrogen-bond acceptors (Lipinski definition) is 3. The van der Waals surface area contributed by atoms with Gasteiger partial charge in [0, 0.05) is 12.2 Å². The topological polar surface area (TPSA) is 58.2 Å². The van der Waals surface area contributed by atoms with Crippen molar-refractivity contribution >= 4 is 21.4 Å². The molecule has 5 heteroatoms. The highest BCUT2D eigenvalue weighted by Gasteiger charge is 2.17. The molecule has 2 aromatic rings. The predicted molar refractivity (Wildman–Crippen MR) is 82.6 cm³/mol. The van der Waals surface area contributed by atoms with Gasteiger partial charge in [0.25, 0.3) is 10.0 Å². The van der Waals surface area contributed by atoms with Crippen molar-refractivity contribution < 1.29 is 8.42 Å². The zero-order valence-corrected chi connectivity index (χ0v) is 12.4. The number of rotatable bonds is 5. The molecule has 0 saturated heterocycles. The van der Waals surface area contributed by atoms with E-state index in [4.69, 9.17) is 0 Å². The van der Waals surface area contributed by atoms with E-state index in [1.54, 1.807) is 30.3 Å². The Labute approximate surface area is 119 Å². The highest BCUT2D eigenvalue weighted by Crippen LogP contribution is 2.23. The Morgan fingerprint density at radius 3 is 2.50 bits per heavy atom. The van der Waals surface area contributed by atoms with Gasteiger partial charge in [-0.25, -0.2) is 8.42 Å². The predicted octanol–water partition coefficient (Wildman–Crippen LogP) is 3.23. The van der Waals surface area contributed by atoms with Gasteiger partial charge in [-0.05, 0) is 43.7 Å². The number of sulfonamides is 1. The van der Waals surface area contributed by atoms with Crippen LogP contribution in [0.5, 0.6) is 0 Å². The average Bonchev–Trinajstić information content (AvgIpc) is 2.39. The standard InChI is InChI=1S/C15H18N2O2S/c1-3-16-14-9-4-5-10-15(14)20(18,19)17-13-8-6-7-12(2)11-13/h4-11,16-17H,3H2,1-2H3. The average molecular weight is 290 g/mol. The van der Waals surface area contributed by atoms with Crippen LogP contribution in [0, 0.1) is 6.92 Å². The second kappa shape index (κ2) is 5.96. The summed E-state index contributed by atoms with van der Waals surface area (Å²) in [5, 5.41) is 3.06. The lowest BCUT2D eigenvalue weighted by molar-refractivity contribution is 0.601. The fraction of sp³-hybridized carbons (Fsp3) is 0.200. The van der Waals surface area contributed by atoms with E-state index in [1.807, 2.05) is 32.0 Å². The molecule has 106 valence electrons. The maximum atomic E-state index is 12.5. The Morgan fingerprint density at radius 1 is 1.05 bits per heavy atom. The van der Waals surface area contributed by atoms with Crippen LogP contribution in [0.2, 0.25) is 0 Å². The van der Waals surface area contributed by atoms with Crippen molar-refractivity contribution in [1.82, 2.24) is 0 Å². The van der Waals surface area contributed by atoms with Gasteiger partial charge in [0.05, 0.1) is 5.69 Å². The molecule has 2 aromatic carbocycles. The molecule has 0 unspecified atom stereocenters. The van der Waals surface area contributed by atoms with Crippen LogP contribution in [-0.4, -0.2) is 15.0 Å². The van der Waals surface area contributed by atoms with E-state index < -0.39 is 10.0 Å². The zero-order valence-electron chi connectivity index (χ0n) is 11.6. The van der Waals surface area contributed by atoms with Gasteiger partial charge in [0.1, 0.15) is 4.90 Å². The van der Waals surface area contributed by atoms with Gasteiger partial charge in [0.2, 0.25) is 0 Å². The lowest BCUT2D eigenvalue weighted by Crippen LogP contribution is -2.15. The first kappa shape index (κ1) is 14.4. The highest BCUT2D eigenvalue weighted by molar-refractivity contribution is 7.92. The minimum atomic E-state index is -3.60. The summed E-state index contributed by atoms with van der Waals surface area (Å²) in [6.07, 6.45) is 0. The van der Waals surface area contributed by atoms with Gasteiger partial charge in [-0.2, -0.15) is 0 Å². The first-order chi connectivity index (χ1) is 9.53. The van der Waals surface area contributed by atoms with Gasteiger partial charge < -0.3 is 5.32 Å². The molecule has 0 radical (unpaired) electrons. The van der Waals surface area contributed by atoms with E-state index in [2.05, 4.69) is 10.0 Å². The second-order valence-electron chi connectivity index (χ2n) is 4.50. The summed E-state index contributed by atoms with van der Waals surface area (Å²) in [7, 11) is -3.60. The van der Waals surface area contributed by atoms with E-state index in [9.17, 15) is 8.42 Å². The first-order valence-electron chi connectivity index (χ1n) is 6.45. The van der Waals surface area contributed by atoms with Gasteiger partial charge >= 0.3 is 0 Å². The van der Waals surface area contributed by atoms with E-state index in [1.165, 1.54) is 0 Å². The van der Waals surface area contributed by atoms with E-state index in [-0.39, 0.29) is 4.90 Å². The van der Waals surface area contributed by atoms with Gasteiger partial charge in [-0.3, -0.25) is 4.72 Å². The van der Waals surface area contributed by atoms with Crippen LogP contribution < -0.4 is 10.0 Å². The van der Waals surface area contributed by atoms with Gasteiger partial charge in [-0.15, -0.1) is 0 Å². The monoisotopic (exact) mass is 290 g/mol. The van der Waals surface area contributed by atoms with Crippen LogP contribution in [-0.2, 0) is 10.0 Å². The van der Waals surface area contributed by atoms with Crippen molar-refractivity contribution in [1.29, 1.82) is 0 Å². The van der Waals surface area contributed by atoms with E-state index in [0.717, 1.165) is 5.56 Å². The van der Waals surface area contributed by atoms with Crippen LogP contribution in [0.15, 0.2) is 53.4 Å². The Kier molecular flexibility index (Phi) is 4.29.